The van der Waals surface area contributed by atoms with E-state index in [-0.39, 0.29) is 5.78 Å². The van der Waals surface area contributed by atoms with Gasteiger partial charge in [0.2, 0.25) is 0 Å². The van der Waals surface area contributed by atoms with Gasteiger partial charge in [0.1, 0.15) is 0 Å². The summed E-state index contributed by atoms with van der Waals surface area (Å²) in [6, 6.07) is 8.03. The zero-order valence-electron chi connectivity index (χ0n) is 11.9. The van der Waals surface area contributed by atoms with Crippen molar-refractivity contribution in [2.24, 2.45) is 5.10 Å². The first-order chi connectivity index (χ1) is 10.2. The van der Waals surface area contributed by atoms with E-state index < -0.39 is 0 Å². The number of hydrazone groups is 1. The van der Waals surface area contributed by atoms with E-state index in [1.807, 2.05) is 24.3 Å². The number of Topliss-reactive ketones (excluding diaryl/α,β-unsaturated/α-hetero) is 1. The molecule has 0 radical (unpaired) electrons. The Morgan fingerprint density at radius 3 is 2.62 bits per heavy atom. The van der Waals surface area contributed by atoms with Crippen LogP contribution in [0.3, 0.4) is 0 Å². The predicted molar refractivity (Wildman–Crippen MR) is 87.7 cm³/mol. The maximum atomic E-state index is 11.9. The van der Waals surface area contributed by atoms with Crippen LogP contribution in [0.5, 0.6) is 0 Å². The van der Waals surface area contributed by atoms with E-state index in [9.17, 15) is 4.79 Å². The molecule has 1 fully saturated rings. The molecular formula is C16H19N3OS. The van der Waals surface area contributed by atoms with E-state index in [1.54, 1.807) is 0 Å². The molecule has 0 bridgehead atoms. The SMILES string of the molecule is O=C1CC(=NNC(=S)NC2CCCCC2)c2ccccc21. The summed E-state index contributed by atoms with van der Waals surface area (Å²) >= 11 is 5.28. The van der Waals surface area contributed by atoms with Crippen molar-refractivity contribution in [2.45, 2.75) is 44.6 Å². The average molecular weight is 301 g/mol. The van der Waals surface area contributed by atoms with Crippen LogP contribution in [-0.4, -0.2) is 22.6 Å². The number of hydrogen-bond donors (Lipinski definition) is 2. The second kappa shape index (κ2) is 6.35. The number of carbonyl (C=O) groups is 1. The predicted octanol–water partition coefficient (Wildman–Crippen LogP) is 2.77. The number of carbonyl (C=O) groups excluding carboxylic acids is 1. The monoisotopic (exact) mass is 301 g/mol. The number of ketones is 1. The van der Waals surface area contributed by atoms with Gasteiger partial charge in [-0.2, -0.15) is 5.10 Å². The van der Waals surface area contributed by atoms with Crippen LogP contribution in [0, 0.1) is 0 Å². The fourth-order valence-electron chi connectivity index (χ4n) is 3.00. The second-order valence-electron chi connectivity index (χ2n) is 5.62. The summed E-state index contributed by atoms with van der Waals surface area (Å²) < 4.78 is 0. The van der Waals surface area contributed by atoms with Crippen LogP contribution in [-0.2, 0) is 0 Å². The van der Waals surface area contributed by atoms with Gasteiger partial charge in [-0.25, -0.2) is 0 Å². The Kier molecular flexibility index (Phi) is 4.29. The highest BCUT2D eigenvalue weighted by Gasteiger charge is 2.25. The van der Waals surface area contributed by atoms with E-state index in [2.05, 4.69) is 15.8 Å². The Hall–Kier alpha value is -1.75. The van der Waals surface area contributed by atoms with Crippen molar-refractivity contribution >= 4 is 28.8 Å². The van der Waals surface area contributed by atoms with Crippen LogP contribution in [0.4, 0.5) is 0 Å². The van der Waals surface area contributed by atoms with Crippen LogP contribution in [0.1, 0.15) is 54.4 Å². The Morgan fingerprint density at radius 2 is 1.86 bits per heavy atom. The molecule has 21 heavy (non-hydrogen) atoms. The molecule has 110 valence electrons. The molecule has 0 heterocycles. The summed E-state index contributed by atoms with van der Waals surface area (Å²) in [6.07, 6.45) is 6.52. The zero-order valence-corrected chi connectivity index (χ0v) is 12.7. The van der Waals surface area contributed by atoms with Crippen LogP contribution >= 0.6 is 12.2 Å². The van der Waals surface area contributed by atoms with Gasteiger partial charge in [0.05, 0.1) is 12.1 Å². The highest BCUT2D eigenvalue weighted by atomic mass is 32.1. The lowest BCUT2D eigenvalue weighted by atomic mass is 9.96. The molecule has 4 nitrogen and oxygen atoms in total. The maximum absolute atomic E-state index is 11.9. The van der Waals surface area contributed by atoms with Gasteiger partial charge in [-0.15, -0.1) is 0 Å². The largest absolute Gasteiger partial charge is 0.359 e. The van der Waals surface area contributed by atoms with Crippen molar-refractivity contribution < 1.29 is 4.79 Å². The highest BCUT2D eigenvalue weighted by Crippen LogP contribution is 2.22. The van der Waals surface area contributed by atoms with Crippen LogP contribution < -0.4 is 10.7 Å². The molecule has 2 N–H and O–H groups in total. The summed E-state index contributed by atoms with van der Waals surface area (Å²) in [4.78, 5) is 11.9. The minimum atomic E-state index is 0.123. The zero-order chi connectivity index (χ0) is 14.7. The lowest BCUT2D eigenvalue weighted by Crippen LogP contribution is -2.41. The Labute approximate surface area is 130 Å². The molecule has 0 unspecified atom stereocenters. The molecule has 1 saturated carbocycles. The number of benzene rings is 1. The molecule has 2 aliphatic rings. The number of nitrogens with one attached hydrogen (secondary N) is 2. The number of hydrogen-bond acceptors (Lipinski definition) is 3. The van der Waals surface area contributed by atoms with E-state index in [0.717, 1.165) is 16.8 Å². The van der Waals surface area contributed by atoms with Crippen molar-refractivity contribution in [3.05, 3.63) is 35.4 Å². The molecule has 0 aliphatic heterocycles. The molecule has 0 spiro atoms. The molecule has 0 saturated heterocycles. The van der Waals surface area contributed by atoms with Gasteiger partial charge in [-0.3, -0.25) is 10.2 Å². The third kappa shape index (κ3) is 3.29. The standard InChI is InChI=1S/C16H19N3OS/c20-15-10-14(12-8-4-5-9-13(12)15)18-19-16(21)17-11-6-2-1-3-7-11/h4-5,8-9,11H,1-3,6-7,10H2,(H2,17,19,21). The van der Waals surface area contributed by atoms with Gasteiger partial charge in [0, 0.05) is 17.2 Å². The quantitative estimate of drug-likeness (QED) is 0.651. The van der Waals surface area contributed by atoms with Crippen LogP contribution in [0.15, 0.2) is 29.4 Å². The van der Waals surface area contributed by atoms with Crippen molar-refractivity contribution in [1.82, 2.24) is 10.7 Å². The number of thiocarbonyl (C=S) groups is 1. The van der Waals surface area contributed by atoms with Crippen molar-refractivity contribution in [3.63, 3.8) is 0 Å². The first kappa shape index (κ1) is 14.2. The van der Waals surface area contributed by atoms with Crippen LogP contribution in [0.25, 0.3) is 0 Å². The third-order valence-corrected chi connectivity index (χ3v) is 4.31. The number of fused-ring (bicyclic) bond motifs is 1. The van der Waals surface area contributed by atoms with Gasteiger partial charge in [0.25, 0.3) is 0 Å². The van der Waals surface area contributed by atoms with Gasteiger partial charge in [0.15, 0.2) is 10.9 Å². The molecule has 0 atom stereocenters. The number of rotatable bonds is 2. The lowest BCUT2D eigenvalue weighted by Gasteiger charge is -2.23. The molecule has 2 aliphatic carbocycles. The van der Waals surface area contributed by atoms with E-state index in [1.165, 1.54) is 32.1 Å². The molecule has 3 rings (SSSR count). The summed E-state index contributed by atoms with van der Waals surface area (Å²) in [5.74, 6) is 0.123. The normalized spacial score (nSPS) is 20.4. The molecule has 1 aromatic carbocycles. The summed E-state index contributed by atoms with van der Waals surface area (Å²) in [5.41, 5.74) is 5.32. The van der Waals surface area contributed by atoms with E-state index in [0.29, 0.717) is 17.6 Å². The highest BCUT2D eigenvalue weighted by molar-refractivity contribution is 7.80. The van der Waals surface area contributed by atoms with Crippen molar-refractivity contribution in [2.75, 3.05) is 0 Å². The van der Waals surface area contributed by atoms with Gasteiger partial charge >= 0.3 is 0 Å². The minimum absolute atomic E-state index is 0.123. The van der Waals surface area contributed by atoms with E-state index >= 15 is 0 Å². The first-order valence-electron chi connectivity index (χ1n) is 7.50. The summed E-state index contributed by atoms with van der Waals surface area (Å²) in [5, 5.41) is 8.18. The maximum Gasteiger partial charge on any atom is 0.187 e. The molecule has 0 amide bonds. The van der Waals surface area contributed by atoms with E-state index in [4.69, 9.17) is 12.2 Å². The summed E-state index contributed by atoms with van der Waals surface area (Å²) in [6.45, 7) is 0. The fraction of sp³-hybridized carbons (Fsp3) is 0.438. The third-order valence-electron chi connectivity index (χ3n) is 4.10. The topological polar surface area (TPSA) is 53.5 Å². The number of nitrogens with zero attached hydrogens (tertiary/aromatic N) is 1. The van der Waals surface area contributed by atoms with Crippen LogP contribution in [0.2, 0.25) is 0 Å². The minimum Gasteiger partial charge on any atom is -0.359 e. The Balaban J connectivity index is 1.61. The smallest absolute Gasteiger partial charge is 0.187 e. The van der Waals surface area contributed by atoms with Gasteiger partial charge in [-0.05, 0) is 25.1 Å². The Bertz CT molecular complexity index is 591. The Morgan fingerprint density at radius 1 is 1.14 bits per heavy atom. The lowest BCUT2D eigenvalue weighted by molar-refractivity contribution is 0.101. The molecular weight excluding hydrogens is 282 g/mol. The average Bonchev–Trinajstić information content (AvgIpc) is 2.83. The fourth-order valence-corrected chi connectivity index (χ4v) is 3.22. The molecule has 1 aromatic rings. The van der Waals surface area contributed by atoms with Crippen molar-refractivity contribution in [3.8, 4) is 0 Å². The second-order valence-corrected chi connectivity index (χ2v) is 6.03. The molecule has 0 aromatic heterocycles. The van der Waals surface area contributed by atoms with Crippen molar-refractivity contribution in [1.29, 1.82) is 0 Å². The summed E-state index contributed by atoms with van der Waals surface area (Å²) in [7, 11) is 0. The first-order valence-corrected chi connectivity index (χ1v) is 7.90. The van der Waals surface area contributed by atoms with Gasteiger partial charge in [-0.1, -0.05) is 43.5 Å². The van der Waals surface area contributed by atoms with Gasteiger partial charge < -0.3 is 5.32 Å². The molecule has 5 heteroatoms.